The van der Waals surface area contributed by atoms with Crippen molar-refractivity contribution in [2.45, 2.75) is 45.8 Å². The Balaban J connectivity index is 1.78. The second-order valence-corrected chi connectivity index (χ2v) is 9.20. The van der Waals surface area contributed by atoms with Crippen molar-refractivity contribution >= 4 is 17.8 Å². The van der Waals surface area contributed by atoms with Gasteiger partial charge in [0.2, 0.25) is 5.90 Å². The van der Waals surface area contributed by atoms with Crippen LogP contribution in [0.15, 0.2) is 59.7 Å². The Kier molecular flexibility index (Phi) is 7.87. The molecule has 0 N–H and O–H groups in total. The summed E-state index contributed by atoms with van der Waals surface area (Å²) in [7, 11) is 1.62. The quantitative estimate of drug-likeness (QED) is 0.563. The molecule has 0 aromatic heterocycles. The van der Waals surface area contributed by atoms with Gasteiger partial charge in [0.05, 0.1) is 12.5 Å². The van der Waals surface area contributed by atoms with E-state index in [2.05, 4.69) is 5.10 Å². The molecular formula is C26H32N2O5. The number of rotatable bonds is 8. The fraction of sp³-hybridized carbons (Fsp3) is 0.423. The molecule has 1 aliphatic rings. The van der Waals surface area contributed by atoms with Crippen molar-refractivity contribution in [3.63, 3.8) is 0 Å². The number of hydrazone groups is 1. The van der Waals surface area contributed by atoms with Crippen molar-refractivity contribution in [3.05, 3.63) is 71.3 Å². The van der Waals surface area contributed by atoms with Gasteiger partial charge in [0.15, 0.2) is 6.61 Å². The third kappa shape index (κ3) is 6.65. The highest BCUT2D eigenvalue weighted by molar-refractivity contribution is 5.97. The molecule has 1 amide bonds. The molecule has 33 heavy (non-hydrogen) atoms. The Labute approximate surface area is 195 Å². The predicted molar refractivity (Wildman–Crippen MR) is 126 cm³/mol. The van der Waals surface area contributed by atoms with Crippen LogP contribution in [0.5, 0.6) is 0 Å². The number of ether oxygens (including phenoxy) is 3. The van der Waals surface area contributed by atoms with Crippen LogP contribution in [0.4, 0.5) is 0 Å². The largest absolute Gasteiger partial charge is 0.466 e. The van der Waals surface area contributed by atoms with Crippen LogP contribution in [-0.4, -0.2) is 48.7 Å². The smallest absolute Gasteiger partial charge is 0.314 e. The summed E-state index contributed by atoms with van der Waals surface area (Å²) in [6.07, 6.45) is 0. The second-order valence-electron chi connectivity index (χ2n) is 9.20. The van der Waals surface area contributed by atoms with Crippen LogP contribution in [0, 0.1) is 5.92 Å². The second kappa shape index (κ2) is 10.6. The lowest BCUT2D eigenvalue weighted by Gasteiger charge is -2.28. The molecular weight excluding hydrogens is 420 g/mol. The number of carbonyl (C=O) groups is 2. The summed E-state index contributed by atoms with van der Waals surface area (Å²) in [6, 6.07) is 17.1. The van der Waals surface area contributed by atoms with E-state index in [9.17, 15) is 9.59 Å². The Morgan fingerprint density at radius 3 is 2.39 bits per heavy atom. The van der Waals surface area contributed by atoms with Crippen molar-refractivity contribution in [3.8, 4) is 0 Å². The minimum Gasteiger partial charge on any atom is -0.466 e. The van der Waals surface area contributed by atoms with E-state index in [0.717, 1.165) is 16.7 Å². The molecule has 3 rings (SSSR count). The average Bonchev–Trinajstić information content (AvgIpc) is 2.76. The molecule has 7 heteroatoms. The maximum atomic E-state index is 12.9. The molecule has 2 atom stereocenters. The molecule has 1 aliphatic heterocycles. The number of esters is 1. The predicted octanol–water partition coefficient (Wildman–Crippen LogP) is 4.12. The maximum Gasteiger partial charge on any atom is 0.314 e. The summed E-state index contributed by atoms with van der Waals surface area (Å²) in [5.74, 6) is -0.579. The van der Waals surface area contributed by atoms with Gasteiger partial charge in [-0.25, -0.2) is 5.01 Å². The van der Waals surface area contributed by atoms with Crippen LogP contribution in [0.1, 0.15) is 50.3 Å². The summed E-state index contributed by atoms with van der Waals surface area (Å²) in [4.78, 5) is 25.3. The molecule has 176 valence electrons. The lowest BCUT2D eigenvalue weighted by atomic mass is 9.87. The van der Waals surface area contributed by atoms with Crippen LogP contribution >= 0.6 is 0 Å². The van der Waals surface area contributed by atoms with Crippen molar-refractivity contribution in [1.82, 2.24) is 5.01 Å². The van der Waals surface area contributed by atoms with Crippen molar-refractivity contribution in [1.29, 1.82) is 0 Å². The van der Waals surface area contributed by atoms with Crippen molar-refractivity contribution in [2.24, 2.45) is 11.0 Å². The van der Waals surface area contributed by atoms with Gasteiger partial charge in [-0.15, -0.1) is 5.10 Å². The van der Waals surface area contributed by atoms with Gasteiger partial charge in [0.1, 0.15) is 5.60 Å². The molecule has 2 aromatic carbocycles. The standard InChI is InChI=1S/C26H32N2O5/c1-18(16-31-5)23(25(30)33-26(2,3)4)20-13-11-19(12-14-20)15-28-22(29)17-32-24(27-28)21-9-7-6-8-10-21/h6-14,18,23H,15-17H2,1-5H3. The Morgan fingerprint density at radius 1 is 1.12 bits per heavy atom. The van der Waals surface area contributed by atoms with Crippen LogP contribution < -0.4 is 0 Å². The number of carbonyl (C=O) groups excluding carboxylic acids is 2. The van der Waals surface area contributed by atoms with Gasteiger partial charge in [-0.1, -0.05) is 49.4 Å². The Hall–Kier alpha value is -3.19. The SMILES string of the molecule is COCC(C)C(C(=O)OC(C)(C)C)c1ccc(CN2N=C(c3ccccc3)OCC2=O)cc1. The monoisotopic (exact) mass is 452 g/mol. The third-order valence-electron chi connectivity index (χ3n) is 5.18. The minimum absolute atomic E-state index is 0.0545. The van der Waals surface area contributed by atoms with Crippen LogP contribution in [0.25, 0.3) is 0 Å². The zero-order chi connectivity index (χ0) is 24.0. The van der Waals surface area contributed by atoms with Gasteiger partial charge in [-0.05, 0) is 49.9 Å². The molecule has 0 fully saturated rings. The first-order valence-electron chi connectivity index (χ1n) is 11.1. The van der Waals surface area contributed by atoms with E-state index >= 15 is 0 Å². The number of hydrogen-bond acceptors (Lipinski definition) is 6. The first kappa shape index (κ1) is 24.5. The first-order chi connectivity index (χ1) is 15.7. The van der Waals surface area contributed by atoms with E-state index in [-0.39, 0.29) is 24.4 Å². The fourth-order valence-corrected chi connectivity index (χ4v) is 3.67. The summed E-state index contributed by atoms with van der Waals surface area (Å²) in [5.41, 5.74) is 1.98. The lowest BCUT2D eigenvalue weighted by molar-refractivity contribution is -0.158. The van der Waals surface area contributed by atoms with Crippen molar-refractivity contribution < 1.29 is 23.8 Å². The van der Waals surface area contributed by atoms with Gasteiger partial charge in [0, 0.05) is 19.3 Å². The maximum absolute atomic E-state index is 12.9. The third-order valence-corrected chi connectivity index (χ3v) is 5.18. The van der Waals surface area contributed by atoms with Gasteiger partial charge >= 0.3 is 5.97 Å². The number of amides is 1. The highest BCUT2D eigenvalue weighted by Gasteiger charge is 2.31. The topological polar surface area (TPSA) is 77.4 Å². The van der Waals surface area contributed by atoms with E-state index < -0.39 is 11.5 Å². The van der Waals surface area contributed by atoms with Crippen molar-refractivity contribution in [2.75, 3.05) is 20.3 Å². The first-order valence-corrected chi connectivity index (χ1v) is 11.1. The molecule has 0 spiro atoms. The van der Waals surface area contributed by atoms with Crippen LogP contribution in [0.3, 0.4) is 0 Å². The molecule has 0 bridgehead atoms. The molecule has 0 saturated carbocycles. The number of methoxy groups -OCH3 is 1. The fourth-order valence-electron chi connectivity index (χ4n) is 3.67. The molecule has 0 radical (unpaired) electrons. The van der Waals surface area contributed by atoms with Gasteiger partial charge < -0.3 is 14.2 Å². The van der Waals surface area contributed by atoms with E-state index in [1.165, 1.54) is 5.01 Å². The van der Waals surface area contributed by atoms with Gasteiger partial charge in [-0.2, -0.15) is 0 Å². The van der Waals surface area contributed by atoms with Gasteiger partial charge in [-0.3, -0.25) is 9.59 Å². The summed E-state index contributed by atoms with van der Waals surface area (Å²) in [6.45, 7) is 8.23. The van der Waals surface area contributed by atoms with E-state index in [1.807, 2.05) is 82.3 Å². The van der Waals surface area contributed by atoms with Crippen LogP contribution in [0.2, 0.25) is 0 Å². The summed E-state index contributed by atoms with van der Waals surface area (Å²) >= 11 is 0. The van der Waals surface area contributed by atoms with E-state index in [4.69, 9.17) is 14.2 Å². The highest BCUT2D eigenvalue weighted by Crippen LogP contribution is 2.29. The number of nitrogens with zero attached hydrogens (tertiary/aromatic N) is 2. The highest BCUT2D eigenvalue weighted by atomic mass is 16.6. The molecule has 7 nitrogen and oxygen atoms in total. The number of hydrogen-bond donors (Lipinski definition) is 0. The van der Waals surface area contributed by atoms with Gasteiger partial charge in [0.25, 0.3) is 5.91 Å². The molecule has 2 unspecified atom stereocenters. The van der Waals surface area contributed by atoms with E-state index in [1.54, 1.807) is 7.11 Å². The molecule has 1 heterocycles. The van der Waals surface area contributed by atoms with E-state index in [0.29, 0.717) is 19.0 Å². The summed E-state index contributed by atoms with van der Waals surface area (Å²) in [5, 5.41) is 5.81. The summed E-state index contributed by atoms with van der Waals surface area (Å²) < 4.78 is 16.5. The Bertz CT molecular complexity index is 980. The molecule has 0 aliphatic carbocycles. The zero-order valence-corrected chi connectivity index (χ0v) is 19.9. The number of benzene rings is 2. The lowest BCUT2D eigenvalue weighted by Crippen LogP contribution is -2.36. The minimum atomic E-state index is -0.576. The Morgan fingerprint density at radius 2 is 1.79 bits per heavy atom. The van der Waals surface area contributed by atoms with Crippen LogP contribution in [-0.2, 0) is 30.3 Å². The zero-order valence-electron chi connectivity index (χ0n) is 19.9. The molecule has 2 aromatic rings. The molecule has 0 saturated heterocycles. The normalized spacial score (nSPS) is 16.0. The average molecular weight is 453 g/mol.